The molecule has 0 saturated heterocycles. The van der Waals surface area contributed by atoms with Gasteiger partial charge < -0.3 is 14.2 Å². The first kappa shape index (κ1) is 73.3. The van der Waals surface area contributed by atoms with Crippen LogP contribution in [0.25, 0.3) is 0 Å². The molecule has 0 rings (SSSR count). The molecule has 0 aromatic rings. The van der Waals surface area contributed by atoms with E-state index < -0.39 is 6.10 Å². The highest BCUT2D eigenvalue weighted by molar-refractivity contribution is 5.71. The molecule has 0 heterocycles. The maximum Gasteiger partial charge on any atom is 0.306 e. The summed E-state index contributed by atoms with van der Waals surface area (Å²) in [5, 5.41) is 0. The molecule has 1 atom stereocenters. The zero-order valence-corrected chi connectivity index (χ0v) is 50.7. The number of ether oxygens (including phenoxy) is 3. The van der Waals surface area contributed by atoms with E-state index in [-0.39, 0.29) is 31.1 Å². The second-order valence-corrected chi connectivity index (χ2v) is 21.6. The fourth-order valence-corrected chi connectivity index (χ4v) is 9.18. The van der Waals surface area contributed by atoms with Crippen LogP contribution in [0, 0.1) is 0 Å². The van der Waals surface area contributed by atoms with Crippen LogP contribution in [0.2, 0.25) is 0 Å². The van der Waals surface area contributed by atoms with E-state index in [0.29, 0.717) is 19.3 Å². The highest BCUT2D eigenvalue weighted by Gasteiger charge is 2.19. The first-order valence-electron chi connectivity index (χ1n) is 32.7. The molecule has 77 heavy (non-hydrogen) atoms. The van der Waals surface area contributed by atoms with Crippen LogP contribution >= 0.6 is 0 Å². The molecule has 0 spiro atoms. The van der Waals surface area contributed by atoms with E-state index in [2.05, 4.69) is 118 Å². The van der Waals surface area contributed by atoms with E-state index in [1.54, 1.807) is 0 Å². The smallest absolute Gasteiger partial charge is 0.306 e. The molecular formula is C71H122O6. The highest BCUT2D eigenvalue weighted by Crippen LogP contribution is 2.17. The number of hydrogen-bond donors (Lipinski definition) is 0. The summed E-state index contributed by atoms with van der Waals surface area (Å²) in [7, 11) is 0. The van der Waals surface area contributed by atoms with Crippen molar-refractivity contribution in [2.24, 2.45) is 0 Å². The van der Waals surface area contributed by atoms with Crippen molar-refractivity contribution in [2.45, 2.75) is 322 Å². The summed E-state index contributed by atoms with van der Waals surface area (Å²) in [6, 6.07) is 0. The third-order valence-electron chi connectivity index (χ3n) is 14.1. The van der Waals surface area contributed by atoms with E-state index >= 15 is 0 Å². The molecule has 0 fully saturated rings. The molecule has 0 aromatic heterocycles. The maximum atomic E-state index is 12.9. The summed E-state index contributed by atoms with van der Waals surface area (Å²) < 4.78 is 16.9. The molecule has 6 nitrogen and oxygen atoms in total. The Morgan fingerprint density at radius 3 is 0.818 bits per heavy atom. The minimum Gasteiger partial charge on any atom is -0.462 e. The number of carbonyl (C=O) groups excluding carboxylic acids is 3. The summed E-state index contributed by atoms with van der Waals surface area (Å²) in [4.78, 5) is 38.4. The Morgan fingerprint density at radius 1 is 0.273 bits per heavy atom. The van der Waals surface area contributed by atoms with Crippen molar-refractivity contribution in [3.63, 3.8) is 0 Å². The molecule has 0 N–H and O–H groups in total. The van der Waals surface area contributed by atoms with E-state index in [1.807, 2.05) is 0 Å². The van der Waals surface area contributed by atoms with Crippen molar-refractivity contribution in [2.75, 3.05) is 13.2 Å². The summed E-state index contributed by atoms with van der Waals surface area (Å²) in [5.41, 5.74) is 0. The lowest BCUT2D eigenvalue weighted by Crippen LogP contribution is -2.30. The highest BCUT2D eigenvalue weighted by atomic mass is 16.6. The summed E-state index contributed by atoms with van der Waals surface area (Å²) in [6.45, 7) is 6.51. The van der Waals surface area contributed by atoms with Crippen molar-refractivity contribution in [3.05, 3.63) is 97.2 Å². The van der Waals surface area contributed by atoms with Gasteiger partial charge in [0.05, 0.1) is 0 Å². The summed E-state index contributed by atoms with van der Waals surface area (Å²) in [6.07, 6.45) is 86.9. The topological polar surface area (TPSA) is 78.9 Å². The Hall–Kier alpha value is -3.67. The Labute approximate surface area is 477 Å². The van der Waals surface area contributed by atoms with Crippen LogP contribution < -0.4 is 0 Å². The van der Waals surface area contributed by atoms with Crippen LogP contribution in [0.1, 0.15) is 316 Å². The van der Waals surface area contributed by atoms with Crippen LogP contribution in [0.4, 0.5) is 0 Å². The third kappa shape index (κ3) is 63.0. The van der Waals surface area contributed by atoms with Crippen LogP contribution in [0.15, 0.2) is 97.2 Å². The van der Waals surface area contributed by atoms with Crippen molar-refractivity contribution >= 4 is 17.9 Å². The van der Waals surface area contributed by atoms with Crippen molar-refractivity contribution in [1.82, 2.24) is 0 Å². The fourth-order valence-electron chi connectivity index (χ4n) is 9.18. The van der Waals surface area contributed by atoms with Gasteiger partial charge in [0, 0.05) is 19.3 Å². The molecule has 0 aliphatic carbocycles. The van der Waals surface area contributed by atoms with Gasteiger partial charge in [-0.05, 0) is 103 Å². The number of carbonyl (C=O) groups is 3. The second-order valence-electron chi connectivity index (χ2n) is 21.6. The van der Waals surface area contributed by atoms with Crippen LogP contribution in [0.5, 0.6) is 0 Å². The van der Waals surface area contributed by atoms with Crippen molar-refractivity contribution in [1.29, 1.82) is 0 Å². The molecule has 6 heteroatoms. The number of allylic oxidation sites excluding steroid dienone is 16. The maximum absolute atomic E-state index is 12.9. The molecule has 0 radical (unpaired) electrons. The molecule has 442 valence electrons. The quantitative estimate of drug-likeness (QED) is 0.0261. The number of unbranched alkanes of at least 4 members (excludes halogenated alkanes) is 32. The average Bonchev–Trinajstić information content (AvgIpc) is 3.43. The second kappa shape index (κ2) is 64.9. The summed E-state index contributed by atoms with van der Waals surface area (Å²) in [5.74, 6) is -0.907. The van der Waals surface area contributed by atoms with Gasteiger partial charge in [-0.25, -0.2) is 0 Å². The van der Waals surface area contributed by atoms with Crippen LogP contribution in [-0.2, 0) is 28.6 Å². The van der Waals surface area contributed by atoms with Gasteiger partial charge in [-0.15, -0.1) is 0 Å². The molecule has 1 unspecified atom stereocenters. The summed E-state index contributed by atoms with van der Waals surface area (Å²) >= 11 is 0. The zero-order chi connectivity index (χ0) is 55.7. The largest absolute Gasteiger partial charge is 0.462 e. The Balaban J connectivity index is 4.43. The Morgan fingerprint density at radius 2 is 0.506 bits per heavy atom. The van der Waals surface area contributed by atoms with Gasteiger partial charge in [0.1, 0.15) is 13.2 Å². The van der Waals surface area contributed by atoms with Gasteiger partial charge in [0.25, 0.3) is 0 Å². The number of rotatable bonds is 59. The normalized spacial score (nSPS) is 12.7. The zero-order valence-electron chi connectivity index (χ0n) is 50.7. The predicted molar refractivity (Wildman–Crippen MR) is 334 cm³/mol. The van der Waals surface area contributed by atoms with Crippen molar-refractivity contribution < 1.29 is 28.6 Å². The van der Waals surface area contributed by atoms with Gasteiger partial charge in [0.15, 0.2) is 6.10 Å². The van der Waals surface area contributed by atoms with E-state index in [9.17, 15) is 14.4 Å². The van der Waals surface area contributed by atoms with Gasteiger partial charge in [0.2, 0.25) is 0 Å². The third-order valence-corrected chi connectivity index (χ3v) is 14.1. The van der Waals surface area contributed by atoms with Crippen molar-refractivity contribution in [3.8, 4) is 0 Å². The molecule has 0 amide bonds. The van der Waals surface area contributed by atoms with E-state index in [1.165, 1.54) is 154 Å². The van der Waals surface area contributed by atoms with E-state index in [4.69, 9.17) is 14.2 Å². The van der Waals surface area contributed by atoms with Crippen LogP contribution in [-0.4, -0.2) is 37.2 Å². The van der Waals surface area contributed by atoms with Crippen LogP contribution in [0.3, 0.4) is 0 Å². The standard InChI is InChI=1S/C71H122O6/c1-4-7-10-13-16-19-22-25-28-31-33-34-35-36-38-40-43-46-49-52-55-58-61-64-70(73)76-67-68(66-75-69(72)63-60-57-54-51-48-45-42-39-30-27-24-21-18-15-12-9-6-3)77-71(74)65-62-59-56-53-50-47-44-41-37-32-29-26-23-20-17-14-11-8-5-2/h7,10,16,18-19,21,25,27-28,30,33-34,36,38,43,46,68H,4-6,8-9,11-15,17,20,22-24,26,29,31-32,35,37,39-42,44-45,47-67H2,1-3H3/b10-7-,19-16-,21-18-,28-25-,30-27-,34-33-,38-36-,46-43-. The molecule has 0 aromatic carbocycles. The molecule has 0 aliphatic heterocycles. The lowest BCUT2D eigenvalue weighted by Gasteiger charge is -2.18. The fraction of sp³-hybridized carbons (Fsp3) is 0.732. The number of esters is 3. The first-order valence-corrected chi connectivity index (χ1v) is 32.7. The lowest BCUT2D eigenvalue weighted by atomic mass is 10.0. The molecular weight excluding hydrogens is 949 g/mol. The monoisotopic (exact) mass is 1070 g/mol. The minimum absolute atomic E-state index is 0.0880. The van der Waals surface area contributed by atoms with Gasteiger partial charge >= 0.3 is 17.9 Å². The molecule has 0 bridgehead atoms. The number of hydrogen-bond acceptors (Lipinski definition) is 6. The van der Waals surface area contributed by atoms with Gasteiger partial charge in [-0.3, -0.25) is 14.4 Å². The molecule has 0 aliphatic rings. The van der Waals surface area contributed by atoms with Gasteiger partial charge in [-0.2, -0.15) is 0 Å². The van der Waals surface area contributed by atoms with Gasteiger partial charge in [-0.1, -0.05) is 291 Å². The molecule has 0 saturated carbocycles. The minimum atomic E-state index is -0.793. The predicted octanol–water partition coefficient (Wildman–Crippen LogP) is 22.4. The average molecular weight is 1070 g/mol. The first-order chi connectivity index (χ1) is 38.0. The van der Waals surface area contributed by atoms with E-state index in [0.717, 1.165) is 122 Å². The Kier molecular flexibility index (Phi) is 61.8. The SMILES string of the molecule is CC/C=C\C/C=C\C/C=C\C/C=C\C/C=C\C/C=C\CCCCCCC(=O)OCC(COC(=O)CCCCCCCCC/C=C\C/C=C\CCCCC)OC(=O)CCCCCCCCCCCCCCCCCCCCC. The lowest BCUT2D eigenvalue weighted by molar-refractivity contribution is -0.167. The Bertz CT molecular complexity index is 1510.